The van der Waals surface area contributed by atoms with Gasteiger partial charge in [-0.2, -0.15) is 0 Å². The molecule has 2 aliphatic heterocycles. The molecule has 0 saturated carbocycles. The Morgan fingerprint density at radius 2 is 1.97 bits per heavy atom. The maximum absolute atomic E-state index is 12.9. The second-order valence-corrected chi connectivity index (χ2v) is 8.80. The molecule has 180 valence electrons. The number of hydrogen-bond acceptors (Lipinski definition) is 6. The standard InChI is InChI=1S/C28H23N3O5/c29-27(33)20-4-1-3-17(12-20)18-6-7-23-19(11-18)8-10-31-24(23)13-21(14-26(31)32)34-15-22-16-35-28-25(36-22)5-2-9-30-28/h1-7,9,11-14,22H,8,10,15-16H2,(H2,29,33). The third-order valence-electron chi connectivity index (χ3n) is 6.44. The molecule has 0 bridgehead atoms. The Labute approximate surface area is 206 Å². The molecule has 6 rings (SSSR count). The van der Waals surface area contributed by atoms with E-state index in [0.29, 0.717) is 36.1 Å². The van der Waals surface area contributed by atoms with E-state index in [9.17, 15) is 9.59 Å². The van der Waals surface area contributed by atoms with Crippen molar-refractivity contribution in [3.05, 3.63) is 94.4 Å². The number of benzene rings is 2. The molecule has 2 aromatic carbocycles. The molecule has 4 aromatic rings. The number of ether oxygens (including phenoxy) is 3. The van der Waals surface area contributed by atoms with Gasteiger partial charge < -0.3 is 24.5 Å². The number of rotatable bonds is 5. The molecule has 1 unspecified atom stereocenters. The highest BCUT2D eigenvalue weighted by atomic mass is 16.6. The van der Waals surface area contributed by atoms with Crippen LogP contribution in [0.4, 0.5) is 0 Å². The van der Waals surface area contributed by atoms with Gasteiger partial charge in [0.1, 0.15) is 19.0 Å². The number of aryl methyl sites for hydroxylation is 1. The van der Waals surface area contributed by atoms with Crippen LogP contribution in [-0.4, -0.2) is 34.8 Å². The van der Waals surface area contributed by atoms with Gasteiger partial charge >= 0.3 is 0 Å². The summed E-state index contributed by atoms with van der Waals surface area (Å²) in [7, 11) is 0. The number of carbonyl (C=O) groups excluding carboxylic acids is 1. The predicted octanol–water partition coefficient (Wildman–Crippen LogP) is 3.45. The first-order chi connectivity index (χ1) is 17.5. The quantitative estimate of drug-likeness (QED) is 0.468. The summed E-state index contributed by atoms with van der Waals surface area (Å²) in [6, 6.07) is 20.4. The average molecular weight is 482 g/mol. The van der Waals surface area contributed by atoms with Gasteiger partial charge in [0.15, 0.2) is 11.9 Å². The minimum Gasteiger partial charge on any atom is -0.489 e. The van der Waals surface area contributed by atoms with Crippen LogP contribution in [0, 0.1) is 0 Å². The Bertz CT molecular complexity index is 1540. The van der Waals surface area contributed by atoms with Gasteiger partial charge in [-0.1, -0.05) is 30.3 Å². The van der Waals surface area contributed by atoms with E-state index in [1.807, 2.05) is 30.3 Å². The molecule has 4 heterocycles. The second kappa shape index (κ2) is 8.88. The van der Waals surface area contributed by atoms with Crippen LogP contribution in [0.2, 0.25) is 0 Å². The smallest absolute Gasteiger partial charge is 0.257 e. The summed E-state index contributed by atoms with van der Waals surface area (Å²) in [5.41, 5.74) is 10.6. The van der Waals surface area contributed by atoms with Crippen molar-refractivity contribution >= 4 is 5.91 Å². The average Bonchev–Trinajstić information content (AvgIpc) is 2.91. The van der Waals surface area contributed by atoms with Gasteiger partial charge in [-0.3, -0.25) is 9.59 Å². The van der Waals surface area contributed by atoms with Crippen molar-refractivity contribution in [2.75, 3.05) is 13.2 Å². The number of primary amides is 1. The van der Waals surface area contributed by atoms with Gasteiger partial charge in [0.25, 0.3) is 11.4 Å². The summed E-state index contributed by atoms with van der Waals surface area (Å²) in [6.07, 6.45) is 2.07. The molecule has 0 spiro atoms. The number of aromatic nitrogens is 2. The van der Waals surface area contributed by atoms with Crippen LogP contribution in [0.1, 0.15) is 15.9 Å². The van der Waals surface area contributed by atoms with Crippen molar-refractivity contribution in [3.8, 4) is 39.8 Å². The largest absolute Gasteiger partial charge is 0.489 e. The highest BCUT2D eigenvalue weighted by Gasteiger charge is 2.23. The Kier molecular flexibility index (Phi) is 5.41. The van der Waals surface area contributed by atoms with Crippen molar-refractivity contribution in [2.24, 2.45) is 5.73 Å². The fourth-order valence-corrected chi connectivity index (χ4v) is 4.65. The molecule has 2 N–H and O–H groups in total. The van der Waals surface area contributed by atoms with Gasteiger partial charge in [-0.05, 0) is 47.4 Å². The van der Waals surface area contributed by atoms with Crippen LogP contribution in [0.3, 0.4) is 0 Å². The fraction of sp³-hybridized carbons (Fsp3) is 0.179. The van der Waals surface area contributed by atoms with Crippen LogP contribution in [0.25, 0.3) is 22.4 Å². The summed E-state index contributed by atoms with van der Waals surface area (Å²) >= 11 is 0. The van der Waals surface area contributed by atoms with Crippen LogP contribution < -0.4 is 25.5 Å². The minimum absolute atomic E-state index is 0.109. The highest BCUT2D eigenvalue weighted by Crippen LogP contribution is 2.34. The Balaban J connectivity index is 1.25. The lowest BCUT2D eigenvalue weighted by Crippen LogP contribution is -2.35. The molecule has 2 aromatic heterocycles. The number of pyridine rings is 2. The van der Waals surface area contributed by atoms with Gasteiger partial charge in [0, 0.05) is 36.0 Å². The molecule has 1 amide bonds. The maximum Gasteiger partial charge on any atom is 0.257 e. The minimum atomic E-state index is -0.457. The molecular formula is C28H23N3O5. The molecule has 8 heteroatoms. The maximum atomic E-state index is 12.9. The van der Waals surface area contributed by atoms with Crippen molar-refractivity contribution in [1.29, 1.82) is 0 Å². The number of hydrogen-bond donors (Lipinski definition) is 1. The lowest BCUT2D eigenvalue weighted by atomic mass is 9.92. The SMILES string of the molecule is NC(=O)c1cccc(-c2ccc3c(c2)CCn2c-3cc(OCC3COc4ncccc4O3)cc2=O)c1. The Morgan fingerprint density at radius 3 is 2.86 bits per heavy atom. The number of amides is 1. The number of nitrogens with two attached hydrogens (primary N) is 1. The van der Waals surface area contributed by atoms with E-state index in [-0.39, 0.29) is 18.3 Å². The van der Waals surface area contributed by atoms with Crippen LogP contribution >= 0.6 is 0 Å². The first kappa shape index (κ1) is 21.9. The van der Waals surface area contributed by atoms with E-state index in [1.165, 1.54) is 6.07 Å². The second-order valence-electron chi connectivity index (χ2n) is 8.80. The third kappa shape index (κ3) is 4.07. The molecule has 0 fully saturated rings. The molecule has 8 nitrogen and oxygen atoms in total. The fourth-order valence-electron chi connectivity index (χ4n) is 4.65. The van der Waals surface area contributed by atoms with Gasteiger partial charge in [0.05, 0.1) is 5.69 Å². The van der Waals surface area contributed by atoms with Gasteiger partial charge in [0.2, 0.25) is 5.91 Å². The molecule has 1 atom stereocenters. The predicted molar refractivity (Wildman–Crippen MR) is 133 cm³/mol. The first-order valence-electron chi connectivity index (χ1n) is 11.7. The molecular weight excluding hydrogens is 458 g/mol. The van der Waals surface area contributed by atoms with Crippen molar-refractivity contribution < 1.29 is 19.0 Å². The van der Waals surface area contributed by atoms with E-state index in [0.717, 1.165) is 34.4 Å². The van der Waals surface area contributed by atoms with E-state index in [1.54, 1.807) is 35.0 Å². The molecule has 0 aliphatic carbocycles. The van der Waals surface area contributed by atoms with E-state index in [4.69, 9.17) is 19.9 Å². The van der Waals surface area contributed by atoms with Gasteiger partial charge in [-0.25, -0.2) is 4.98 Å². The van der Waals surface area contributed by atoms with Crippen LogP contribution in [0.5, 0.6) is 17.4 Å². The zero-order valence-corrected chi connectivity index (χ0v) is 19.3. The summed E-state index contributed by atoms with van der Waals surface area (Å²) in [4.78, 5) is 28.6. The summed E-state index contributed by atoms with van der Waals surface area (Å²) in [5.74, 6) is 1.08. The Morgan fingerprint density at radius 1 is 1.08 bits per heavy atom. The van der Waals surface area contributed by atoms with Crippen LogP contribution in [-0.2, 0) is 13.0 Å². The number of fused-ring (bicyclic) bond motifs is 4. The van der Waals surface area contributed by atoms with Crippen molar-refractivity contribution in [1.82, 2.24) is 9.55 Å². The number of carbonyl (C=O) groups is 1. The topological polar surface area (TPSA) is 106 Å². The van der Waals surface area contributed by atoms with Crippen LogP contribution in [0.15, 0.2) is 77.7 Å². The van der Waals surface area contributed by atoms with E-state index < -0.39 is 5.91 Å². The number of nitrogens with zero attached hydrogens (tertiary/aromatic N) is 2. The first-order valence-corrected chi connectivity index (χ1v) is 11.7. The van der Waals surface area contributed by atoms with Crippen molar-refractivity contribution in [3.63, 3.8) is 0 Å². The summed E-state index contributed by atoms with van der Waals surface area (Å²) in [6.45, 7) is 1.13. The summed E-state index contributed by atoms with van der Waals surface area (Å²) in [5, 5.41) is 0. The molecule has 0 radical (unpaired) electrons. The zero-order chi connectivity index (χ0) is 24.6. The highest BCUT2D eigenvalue weighted by molar-refractivity contribution is 5.94. The monoisotopic (exact) mass is 481 g/mol. The summed E-state index contributed by atoms with van der Waals surface area (Å²) < 4.78 is 19.3. The molecule has 0 saturated heterocycles. The van der Waals surface area contributed by atoms with E-state index >= 15 is 0 Å². The molecule has 36 heavy (non-hydrogen) atoms. The van der Waals surface area contributed by atoms with Crippen molar-refractivity contribution in [2.45, 2.75) is 19.1 Å². The van der Waals surface area contributed by atoms with E-state index in [2.05, 4.69) is 11.1 Å². The zero-order valence-electron chi connectivity index (χ0n) is 19.3. The Hall–Kier alpha value is -4.59. The van der Waals surface area contributed by atoms with Gasteiger partial charge in [-0.15, -0.1) is 0 Å². The third-order valence-corrected chi connectivity index (χ3v) is 6.44. The lowest BCUT2D eigenvalue weighted by Gasteiger charge is -2.26. The molecule has 2 aliphatic rings. The normalized spacial score (nSPS) is 15.5. The lowest BCUT2D eigenvalue weighted by molar-refractivity contribution is 0.0500.